The Hall–Kier alpha value is -4.99. The number of aromatic hydroxyl groups is 1. The van der Waals surface area contributed by atoms with Gasteiger partial charge in [-0.2, -0.15) is 13.2 Å². The fourth-order valence-corrected chi connectivity index (χ4v) is 6.68. The molecule has 1 aliphatic heterocycles. The number of nitrogens with zero attached hydrogens (tertiary/aromatic N) is 8. The van der Waals surface area contributed by atoms with Crippen LogP contribution in [-0.4, -0.2) is 85.1 Å². The molecule has 1 saturated heterocycles. The minimum Gasteiger partial charge on any atom is -0.504 e. The van der Waals surface area contributed by atoms with Gasteiger partial charge in [0.25, 0.3) is 5.91 Å². The highest BCUT2D eigenvalue weighted by molar-refractivity contribution is 6.33. The first-order chi connectivity index (χ1) is 24.2. The van der Waals surface area contributed by atoms with Gasteiger partial charge in [-0.1, -0.05) is 25.4 Å². The monoisotopic (exact) mass is 727 g/mol. The number of anilines is 3. The fourth-order valence-electron chi connectivity index (χ4n) is 6.45. The smallest absolute Gasteiger partial charge is 0.416 e. The van der Waals surface area contributed by atoms with E-state index in [1.807, 2.05) is 30.7 Å². The normalized spacial score (nSPS) is 16.4. The van der Waals surface area contributed by atoms with Crippen LogP contribution in [0.3, 0.4) is 0 Å². The predicted molar refractivity (Wildman–Crippen MR) is 185 cm³/mol. The zero-order chi connectivity index (χ0) is 36.8. The third-order valence-electron chi connectivity index (χ3n) is 9.42. The Morgan fingerprint density at radius 2 is 1.88 bits per heavy atom. The second-order valence-electron chi connectivity index (χ2n) is 12.7. The number of pyridine rings is 1. The quantitative estimate of drug-likeness (QED) is 0.246. The summed E-state index contributed by atoms with van der Waals surface area (Å²) in [6.45, 7) is 5.70. The van der Waals surface area contributed by atoms with Gasteiger partial charge in [-0.3, -0.25) is 14.4 Å². The van der Waals surface area contributed by atoms with Gasteiger partial charge in [-0.05, 0) is 50.8 Å². The average Bonchev–Trinajstić information content (AvgIpc) is 3.96. The molecule has 13 nitrogen and oxygen atoms in total. The van der Waals surface area contributed by atoms with Crippen molar-refractivity contribution >= 4 is 51.8 Å². The lowest BCUT2D eigenvalue weighted by Crippen LogP contribution is -2.56. The lowest BCUT2D eigenvalue weighted by molar-refractivity contribution is -0.137. The number of rotatable bonds is 9. The van der Waals surface area contributed by atoms with Gasteiger partial charge in [-0.15, -0.1) is 0 Å². The van der Waals surface area contributed by atoms with E-state index in [1.165, 1.54) is 6.33 Å². The van der Waals surface area contributed by atoms with Gasteiger partial charge in [0.1, 0.15) is 24.4 Å². The molecule has 0 spiro atoms. The minimum atomic E-state index is -4.61. The summed E-state index contributed by atoms with van der Waals surface area (Å²) in [4.78, 5) is 64.4. The summed E-state index contributed by atoms with van der Waals surface area (Å²) < 4.78 is 41.3. The van der Waals surface area contributed by atoms with Crippen molar-refractivity contribution in [3.05, 3.63) is 68.6 Å². The number of piperazine rings is 1. The summed E-state index contributed by atoms with van der Waals surface area (Å²) >= 11 is 6.14. The number of hydrogen-bond donors (Lipinski definition) is 2. The Balaban J connectivity index is 1.39. The van der Waals surface area contributed by atoms with Gasteiger partial charge in [0.15, 0.2) is 22.6 Å². The van der Waals surface area contributed by atoms with Crippen LogP contribution in [0, 0.1) is 6.92 Å². The van der Waals surface area contributed by atoms with Gasteiger partial charge in [-0.25, -0.2) is 19.9 Å². The summed E-state index contributed by atoms with van der Waals surface area (Å²) in [6, 6.07) is 2.61. The molecule has 1 aliphatic carbocycles. The molecule has 2 aliphatic rings. The molecule has 51 heavy (non-hydrogen) atoms. The number of aryl methyl sites for hydroxylation is 1. The number of fused-ring (bicyclic) bond motifs is 1. The number of halogens is 4. The van der Waals surface area contributed by atoms with Gasteiger partial charge < -0.3 is 29.7 Å². The SMILES string of the molecule is CCc1c(N2CCN(C(=O)c3ncnc(C)c3O)C[C@H]2CC)c(=O)c2nc(N(C)C3CC3)cnc2n1CC(=O)Nc1ccc(C(F)(F)F)cc1Cl. The van der Waals surface area contributed by atoms with E-state index < -0.39 is 23.6 Å². The standard InChI is InChI=1S/C34H37ClF3N9O4/c1-5-20-15-45(33(51)28-30(49)18(3)40-17-41-28)11-12-46(20)29-24(6-2)47(16-26(48)42-23-10-7-19(13-22(23)35)34(36,37)38)32-27(31(29)50)43-25(14-39-32)44(4)21-8-9-21/h7,10,13-14,17,20-21,49H,5-6,8-9,11-12,15-16H2,1-4H3,(H,42,48)/t20-/m1/s1. The maximum absolute atomic E-state index is 14.5. The Kier molecular flexibility index (Phi) is 9.81. The molecule has 17 heteroatoms. The molecule has 2 amide bonds. The van der Waals surface area contributed by atoms with Crippen molar-refractivity contribution in [3.63, 3.8) is 0 Å². The van der Waals surface area contributed by atoms with E-state index in [0.29, 0.717) is 30.0 Å². The largest absolute Gasteiger partial charge is 0.504 e. The van der Waals surface area contributed by atoms with Crippen molar-refractivity contribution in [2.75, 3.05) is 41.8 Å². The number of nitrogens with one attached hydrogen (secondary N) is 1. The number of hydrogen-bond acceptors (Lipinski definition) is 10. The number of benzene rings is 1. The molecule has 0 bridgehead atoms. The van der Waals surface area contributed by atoms with Crippen LogP contribution in [0.5, 0.6) is 5.75 Å². The van der Waals surface area contributed by atoms with E-state index in [0.717, 1.165) is 31.0 Å². The van der Waals surface area contributed by atoms with Crippen molar-refractivity contribution in [3.8, 4) is 5.75 Å². The third kappa shape index (κ3) is 7.01. The van der Waals surface area contributed by atoms with Crippen LogP contribution in [0.15, 0.2) is 35.5 Å². The highest BCUT2D eigenvalue weighted by atomic mass is 35.5. The molecule has 4 aromatic rings. The summed E-state index contributed by atoms with van der Waals surface area (Å²) in [5.74, 6) is -0.845. The molecule has 4 heterocycles. The van der Waals surface area contributed by atoms with Crippen molar-refractivity contribution in [2.24, 2.45) is 0 Å². The van der Waals surface area contributed by atoms with Crippen LogP contribution in [-0.2, 0) is 23.9 Å². The predicted octanol–water partition coefficient (Wildman–Crippen LogP) is 4.81. The van der Waals surface area contributed by atoms with Gasteiger partial charge in [0.2, 0.25) is 11.3 Å². The summed E-state index contributed by atoms with van der Waals surface area (Å²) in [5, 5.41) is 12.8. The average molecular weight is 728 g/mol. The van der Waals surface area contributed by atoms with Crippen LogP contribution in [0.1, 0.15) is 60.5 Å². The van der Waals surface area contributed by atoms with Crippen molar-refractivity contribution in [2.45, 2.75) is 71.3 Å². The molecule has 3 aromatic heterocycles. The third-order valence-corrected chi connectivity index (χ3v) is 9.74. The number of carbonyl (C=O) groups is 2. The van der Waals surface area contributed by atoms with Gasteiger partial charge in [0, 0.05) is 44.5 Å². The summed E-state index contributed by atoms with van der Waals surface area (Å²) in [6.07, 6.45) is 1.00. The second-order valence-corrected chi connectivity index (χ2v) is 13.1. The molecule has 1 atom stereocenters. The second kappa shape index (κ2) is 14.0. The molecular formula is C34H37ClF3N9O4. The lowest BCUT2D eigenvalue weighted by Gasteiger charge is -2.43. The highest BCUT2D eigenvalue weighted by Gasteiger charge is 2.36. The maximum Gasteiger partial charge on any atom is 0.416 e. The van der Waals surface area contributed by atoms with E-state index in [2.05, 4.69) is 20.3 Å². The minimum absolute atomic E-state index is 0.00512. The van der Waals surface area contributed by atoms with Crippen LogP contribution in [0.4, 0.5) is 30.4 Å². The first kappa shape index (κ1) is 35.8. The number of carbonyl (C=O) groups excluding carboxylic acids is 2. The zero-order valence-corrected chi connectivity index (χ0v) is 29.2. The van der Waals surface area contributed by atoms with Crippen LogP contribution < -0.4 is 20.5 Å². The molecule has 0 radical (unpaired) electrons. The summed E-state index contributed by atoms with van der Waals surface area (Å²) in [7, 11) is 1.88. The highest BCUT2D eigenvalue weighted by Crippen LogP contribution is 2.35. The van der Waals surface area contributed by atoms with Gasteiger partial charge in [0.05, 0.1) is 28.2 Å². The van der Waals surface area contributed by atoms with Gasteiger partial charge >= 0.3 is 6.18 Å². The topological polar surface area (TPSA) is 150 Å². The molecule has 270 valence electrons. The summed E-state index contributed by atoms with van der Waals surface area (Å²) in [5.41, 5.74) is -0.0869. The molecular weight excluding hydrogens is 691 g/mol. The molecule has 1 aromatic carbocycles. The van der Waals surface area contributed by atoms with E-state index >= 15 is 0 Å². The van der Waals surface area contributed by atoms with E-state index in [-0.39, 0.29) is 82.7 Å². The Morgan fingerprint density at radius 3 is 2.53 bits per heavy atom. The fraction of sp³-hybridized carbons (Fsp3) is 0.441. The Bertz CT molecular complexity index is 2070. The molecule has 0 unspecified atom stereocenters. The number of aromatic nitrogens is 5. The van der Waals surface area contributed by atoms with Crippen molar-refractivity contribution in [1.82, 2.24) is 29.4 Å². The lowest BCUT2D eigenvalue weighted by atomic mass is 10.0. The molecule has 1 saturated carbocycles. The van der Waals surface area contributed by atoms with Crippen LogP contribution >= 0.6 is 11.6 Å². The molecule has 2 N–H and O–H groups in total. The van der Waals surface area contributed by atoms with E-state index in [1.54, 1.807) is 22.6 Å². The van der Waals surface area contributed by atoms with Crippen molar-refractivity contribution in [1.29, 1.82) is 0 Å². The molecule has 2 fully saturated rings. The number of alkyl halides is 3. The first-order valence-electron chi connectivity index (χ1n) is 16.6. The van der Waals surface area contributed by atoms with E-state index in [4.69, 9.17) is 16.6 Å². The zero-order valence-electron chi connectivity index (χ0n) is 28.5. The maximum atomic E-state index is 14.5. The number of amides is 2. The van der Waals surface area contributed by atoms with Crippen molar-refractivity contribution < 1.29 is 27.9 Å². The van der Waals surface area contributed by atoms with Crippen LogP contribution in [0.25, 0.3) is 11.2 Å². The Morgan fingerprint density at radius 1 is 1.14 bits per heavy atom. The Labute approximate surface area is 296 Å². The molecule has 6 rings (SSSR count). The first-order valence-corrected chi connectivity index (χ1v) is 17.0. The van der Waals surface area contributed by atoms with Crippen LogP contribution in [0.2, 0.25) is 5.02 Å². The van der Waals surface area contributed by atoms with E-state index in [9.17, 15) is 32.7 Å².